The molecule has 0 unspecified atom stereocenters. The van der Waals surface area contributed by atoms with Crippen molar-refractivity contribution in [3.05, 3.63) is 51.4 Å². The van der Waals surface area contributed by atoms with Crippen molar-refractivity contribution < 1.29 is 24.2 Å². The van der Waals surface area contributed by atoms with Gasteiger partial charge in [-0.2, -0.15) is 4.99 Å². The third-order valence-corrected chi connectivity index (χ3v) is 5.17. The number of amidine groups is 1. The lowest BCUT2D eigenvalue weighted by molar-refractivity contribution is -0.142. The van der Waals surface area contributed by atoms with Gasteiger partial charge in [-0.05, 0) is 42.5 Å². The number of hydrogen-bond acceptors (Lipinski definition) is 8. The molecule has 1 aliphatic rings. The third kappa shape index (κ3) is 5.05. The van der Waals surface area contributed by atoms with Crippen LogP contribution in [-0.2, 0) is 20.7 Å². The first-order chi connectivity index (χ1) is 13.4. The summed E-state index contributed by atoms with van der Waals surface area (Å²) in [7, 11) is 0. The second-order valence-electron chi connectivity index (χ2n) is 5.51. The van der Waals surface area contributed by atoms with Crippen molar-refractivity contribution in [3.63, 3.8) is 0 Å². The summed E-state index contributed by atoms with van der Waals surface area (Å²) in [6.45, 7) is 2.05. The van der Waals surface area contributed by atoms with Crippen molar-refractivity contribution >= 4 is 57.3 Å². The summed E-state index contributed by atoms with van der Waals surface area (Å²) in [5, 5.41) is 14.1. The SMILES string of the molecule is CCOC(=O)Cc1csc(/N=C2\NC(=O)/C(=C\c3ccc(C(=O)O)cc3)S2)n1. The zero-order valence-corrected chi connectivity index (χ0v) is 16.3. The van der Waals surface area contributed by atoms with E-state index in [4.69, 9.17) is 9.84 Å². The highest BCUT2D eigenvalue weighted by atomic mass is 32.2. The molecular formula is C18H15N3O5S2. The van der Waals surface area contributed by atoms with E-state index >= 15 is 0 Å². The normalized spacial score (nSPS) is 16.4. The average molecular weight is 417 g/mol. The smallest absolute Gasteiger partial charge is 0.335 e. The number of carboxylic acid groups (broad SMARTS) is 1. The minimum absolute atomic E-state index is 0.0756. The molecule has 144 valence electrons. The minimum atomic E-state index is -1.01. The van der Waals surface area contributed by atoms with Crippen molar-refractivity contribution in [2.75, 3.05) is 6.61 Å². The number of rotatable bonds is 6. The lowest BCUT2D eigenvalue weighted by Crippen LogP contribution is -2.19. The van der Waals surface area contributed by atoms with Crippen LogP contribution in [0.4, 0.5) is 5.13 Å². The molecule has 2 aromatic rings. The zero-order valence-electron chi connectivity index (χ0n) is 14.7. The van der Waals surface area contributed by atoms with E-state index in [1.807, 2.05) is 0 Å². The van der Waals surface area contributed by atoms with Gasteiger partial charge in [0.15, 0.2) is 5.17 Å². The Morgan fingerprint density at radius 2 is 2.07 bits per heavy atom. The predicted octanol–water partition coefficient (Wildman–Crippen LogP) is 2.84. The summed E-state index contributed by atoms with van der Waals surface area (Å²) < 4.78 is 4.88. The molecule has 1 aromatic carbocycles. The van der Waals surface area contributed by atoms with Crippen LogP contribution in [0.25, 0.3) is 6.08 Å². The Morgan fingerprint density at radius 1 is 1.32 bits per heavy atom. The van der Waals surface area contributed by atoms with E-state index in [9.17, 15) is 14.4 Å². The van der Waals surface area contributed by atoms with Crippen LogP contribution in [0, 0.1) is 0 Å². The molecule has 10 heteroatoms. The number of hydrogen-bond donors (Lipinski definition) is 2. The Balaban J connectivity index is 1.69. The molecule has 1 aliphatic heterocycles. The number of ether oxygens (including phenoxy) is 1. The van der Waals surface area contributed by atoms with Gasteiger partial charge in [0.2, 0.25) is 5.13 Å². The number of benzene rings is 1. The molecule has 2 heterocycles. The first-order valence-electron chi connectivity index (χ1n) is 8.17. The Bertz CT molecular complexity index is 979. The topological polar surface area (TPSA) is 118 Å². The zero-order chi connectivity index (χ0) is 20.1. The molecule has 2 N–H and O–H groups in total. The average Bonchev–Trinajstić information content (AvgIpc) is 3.22. The fourth-order valence-corrected chi connectivity index (χ4v) is 3.80. The Kier molecular flexibility index (Phi) is 6.22. The van der Waals surface area contributed by atoms with Crippen molar-refractivity contribution in [3.8, 4) is 0 Å². The fraction of sp³-hybridized carbons (Fsp3) is 0.167. The maximum atomic E-state index is 12.1. The number of carbonyl (C=O) groups excluding carboxylic acids is 2. The number of aliphatic imine (C=N–C) groups is 1. The first kappa shape index (κ1) is 19.8. The van der Waals surface area contributed by atoms with Gasteiger partial charge in [0.05, 0.1) is 29.2 Å². The van der Waals surface area contributed by atoms with Gasteiger partial charge in [0.25, 0.3) is 5.91 Å². The van der Waals surface area contributed by atoms with E-state index in [2.05, 4.69) is 15.3 Å². The van der Waals surface area contributed by atoms with Crippen molar-refractivity contribution in [2.45, 2.75) is 13.3 Å². The molecule has 1 amide bonds. The monoisotopic (exact) mass is 417 g/mol. The molecule has 0 aliphatic carbocycles. The van der Waals surface area contributed by atoms with Gasteiger partial charge in [-0.1, -0.05) is 12.1 Å². The number of carbonyl (C=O) groups is 3. The molecule has 1 fully saturated rings. The Hall–Kier alpha value is -2.98. The molecule has 0 bridgehead atoms. The number of esters is 1. The van der Waals surface area contributed by atoms with Crippen molar-refractivity contribution in [1.82, 2.24) is 10.3 Å². The van der Waals surface area contributed by atoms with Crippen LogP contribution >= 0.6 is 23.1 Å². The quantitative estimate of drug-likeness (QED) is 0.548. The standard InChI is InChI=1S/C18H15N3O5S2/c1-2-26-14(22)8-12-9-27-17(19-12)21-18-20-15(23)13(28-18)7-10-3-5-11(6-4-10)16(24)25/h3-7,9H,2,8H2,1H3,(H,24,25)(H,19,20,21,23)/b13-7+. The van der Waals surface area contributed by atoms with Crippen LogP contribution in [-0.4, -0.2) is 39.7 Å². The van der Waals surface area contributed by atoms with E-state index < -0.39 is 5.97 Å². The van der Waals surface area contributed by atoms with Gasteiger partial charge in [-0.3, -0.25) is 9.59 Å². The van der Waals surface area contributed by atoms with Gasteiger partial charge >= 0.3 is 11.9 Å². The number of nitrogens with zero attached hydrogens (tertiary/aromatic N) is 2. The summed E-state index contributed by atoms with van der Waals surface area (Å²) in [4.78, 5) is 43.5. The number of aromatic carboxylic acids is 1. The van der Waals surface area contributed by atoms with Crippen LogP contribution < -0.4 is 5.32 Å². The van der Waals surface area contributed by atoms with Crippen LogP contribution in [0.1, 0.15) is 28.5 Å². The van der Waals surface area contributed by atoms with Gasteiger partial charge in [-0.15, -0.1) is 11.3 Å². The minimum Gasteiger partial charge on any atom is -0.478 e. The highest BCUT2D eigenvalue weighted by Crippen LogP contribution is 2.29. The van der Waals surface area contributed by atoms with Gasteiger partial charge < -0.3 is 15.2 Å². The summed E-state index contributed by atoms with van der Waals surface area (Å²) in [6.07, 6.45) is 1.73. The van der Waals surface area contributed by atoms with E-state index in [-0.39, 0.29) is 23.9 Å². The molecule has 8 nitrogen and oxygen atoms in total. The maximum absolute atomic E-state index is 12.1. The number of amides is 1. The highest BCUT2D eigenvalue weighted by Gasteiger charge is 2.24. The van der Waals surface area contributed by atoms with Crippen LogP contribution in [0.2, 0.25) is 0 Å². The largest absolute Gasteiger partial charge is 0.478 e. The molecular weight excluding hydrogens is 402 g/mol. The van der Waals surface area contributed by atoms with Gasteiger partial charge in [-0.25, -0.2) is 9.78 Å². The van der Waals surface area contributed by atoms with E-state index in [0.717, 1.165) is 11.8 Å². The molecule has 28 heavy (non-hydrogen) atoms. The lowest BCUT2D eigenvalue weighted by Gasteiger charge is -1.97. The number of thiazole rings is 1. The fourth-order valence-electron chi connectivity index (χ4n) is 2.23. The molecule has 0 spiro atoms. The molecule has 1 aromatic heterocycles. The summed E-state index contributed by atoms with van der Waals surface area (Å²) >= 11 is 2.42. The number of thioether (sulfide) groups is 1. The molecule has 3 rings (SSSR count). The van der Waals surface area contributed by atoms with Crippen molar-refractivity contribution in [2.24, 2.45) is 4.99 Å². The van der Waals surface area contributed by atoms with Crippen LogP contribution in [0.15, 0.2) is 39.5 Å². The number of carboxylic acids is 1. The molecule has 0 atom stereocenters. The third-order valence-electron chi connectivity index (χ3n) is 3.47. The molecule has 0 saturated carbocycles. The Morgan fingerprint density at radius 3 is 2.75 bits per heavy atom. The molecule has 0 radical (unpaired) electrons. The highest BCUT2D eigenvalue weighted by molar-refractivity contribution is 8.18. The van der Waals surface area contributed by atoms with E-state index in [0.29, 0.717) is 33.1 Å². The number of nitrogens with one attached hydrogen (secondary N) is 1. The van der Waals surface area contributed by atoms with E-state index in [1.54, 1.807) is 30.5 Å². The lowest BCUT2D eigenvalue weighted by atomic mass is 10.1. The summed E-state index contributed by atoms with van der Waals surface area (Å²) in [5.74, 6) is -1.66. The second-order valence-corrected chi connectivity index (χ2v) is 7.38. The number of aromatic nitrogens is 1. The molecule has 1 saturated heterocycles. The van der Waals surface area contributed by atoms with E-state index in [1.165, 1.54) is 23.5 Å². The van der Waals surface area contributed by atoms with Crippen molar-refractivity contribution in [1.29, 1.82) is 0 Å². The summed E-state index contributed by atoms with van der Waals surface area (Å²) in [6, 6.07) is 6.20. The summed E-state index contributed by atoms with van der Waals surface area (Å²) in [5.41, 5.74) is 1.44. The maximum Gasteiger partial charge on any atom is 0.335 e. The second kappa shape index (κ2) is 8.81. The first-order valence-corrected chi connectivity index (χ1v) is 9.87. The Labute approximate surface area is 168 Å². The van der Waals surface area contributed by atoms with Crippen LogP contribution in [0.3, 0.4) is 0 Å². The predicted molar refractivity (Wildman–Crippen MR) is 107 cm³/mol. The van der Waals surface area contributed by atoms with Gasteiger partial charge in [0, 0.05) is 5.38 Å². The van der Waals surface area contributed by atoms with Crippen LogP contribution in [0.5, 0.6) is 0 Å². The van der Waals surface area contributed by atoms with Gasteiger partial charge in [0.1, 0.15) is 0 Å².